The third kappa shape index (κ3) is 2.51. The smallest absolute Gasteiger partial charge is 0.165 e. The van der Waals surface area contributed by atoms with Crippen molar-refractivity contribution in [2.24, 2.45) is 0 Å². The van der Waals surface area contributed by atoms with E-state index in [2.05, 4.69) is 25.9 Å². The number of nitrogens with zero attached hydrogens (tertiary/aromatic N) is 2. The number of hydrogen-bond donors (Lipinski definition) is 0. The lowest BCUT2D eigenvalue weighted by Crippen LogP contribution is -1.97. The summed E-state index contributed by atoms with van der Waals surface area (Å²) < 4.78 is 18.3. The molecule has 0 radical (unpaired) electrons. The highest BCUT2D eigenvalue weighted by molar-refractivity contribution is 9.08. The number of rotatable bonds is 3. The van der Waals surface area contributed by atoms with E-state index in [1.807, 2.05) is 6.92 Å². The molecule has 0 unspecified atom stereocenters. The van der Waals surface area contributed by atoms with Crippen molar-refractivity contribution in [3.8, 4) is 17.1 Å². The Kier molecular flexibility index (Phi) is 3.91. The van der Waals surface area contributed by atoms with Gasteiger partial charge in [-0.15, -0.1) is 0 Å². The number of halogens is 2. The maximum atomic E-state index is 13.3. The van der Waals surface area contributed by atoms with Gasteiger partial charge in [0.2, 0.25) is 0 Å². The number of aromatic nitrogens is 2. The second-order valence-electron chi connectivity index (χ2n) is 3.81. The molecular formula is C13H12BrFN2O. The van der Waals surface area contributed by atoms with Gasteiger partial charge in [-0.3, -0.25) is 0 Å². The SMILES string of the molecule is COc1cc(-c2ncc(C)c(CBr)n2)ccc1F. The van der Waals surface area contributed by atoms with Crippen molar-refractivity contribution in [1.29, 1.82) is 0 Å². The van der Waals surface area contributed by atoms with Gasteiger partial charge < -0.3 is 4.74 Å². The van der Waals surface area contributed by atoms with Gasteiger partial charge in [-0.2, -0.15) is 0 Å². The first-order chi connectivity index (χ1) is 8.65. The van der Waals surface area contributed by atoms with Gasteiger partial charge in [-0.1, -0.05) is 15.9 Å². The normalized spacial score (nSPS) is 10.4. The van der Waals surface area contributed by atoms with Crippen LogP contribution in [0.5, 0.6) is 5.75 Å². The zero-order valence-corrected chi connectivity index (χ0v) is 11.7. The Labute approximate surface area is 113 Å². The molecule has 0 aliphatic rings. The first-order valence-electron chi connectivity index (χ1n) is 5.38. The molecule has 0 spiro atoms. The van der Waals surface area contributed by atoms with Gasteiger partial charge >= 0.3 is 0 Å². The number of benzene rings is 1. The molecular weight excluding hydrogens is 299 g/mol. The van der Waals surface area contributed by atoms with E-state index >= 15 is 0 Å². The number of aryl methyl sites for hydroxylation is 1. The van der Waals surface area contributed by atoms with Crippen LogP contribution in [0.1, 0.15) is 11.3 Å². The fraction of sp³-hybridized carbons (Fsp3) is 0.231. The Morgan fingerprint density at radius 2 is 2.17 bits per heavy atom. The van der Waals surface area contributed by atoms with E-state index in [4.69, 9.17) is 4.74 Å². The van der Waals surface area contributed by atoms with Crippen LogP contribution < -0.4 is 4.74 Å². The van der Waals surface area contributed by atoms with Gasteiger partial charge in [-0.05, 0) is 30.7 Å². The summed E-state index contributed by atoms with van der Waals surface area (Å²) in [6.07, 6.45) is 1.76. The zero-order chi connectivity index (χ0) is 13.1. The Bertz CT molecular complexity index is 523. The Morgan fingerprint density at radius 3 is 2.83 bits per heavy atom. The van der Waals surface area contributed by atoms with Crippen molar-refractivity contribution in [2.75, 3.05) is 7.11 Å². The first-order valence-corrected chi connectivity index (χ1v) is 6.50. The van der Waals surface area contributed by atoms with Crippen LogP contribution in [-0.4, -0.2) is 17.1 Å². The lowest BCUT2D eigenvalue weighted by molar-refractivity contribution is 0.387. The zero-order valence-electron chi connectivity index (χ0n) is 10.1. The van der Waals surface area contributed by atoms with Crippen molar-refractivity contribution < 1.29 is 9.13 Å². The molecule has 0 saturated carbocycles. The monoisotopic (exact) mass is 310 g/mol. The van der Waals surface area contributed by atoms with Gasteiger partial charge in [0.15, 0.2) is 17.4 Å². The molecule has 0 N–H and O–H groups in total. The molecule has 5 heteroatoms. The molecule has 0 saturated heterocycles. The molecule has 0 aliphatic heterocycles. The van der Waals surface area contributed by atoms with Crippen LogP contribution in [0.25, 0.3) is 11.4 Å². The van der Waals surface area contributed by atoms with Crippen LogP contribution in [0.2, 0.25) is 0 Å². The van der Waals surface area contributed by atoms with E-state index in [1.54, 1.807) is 18.3 Å². The molecule has 3 nitrogen and oxygen atoms in total. The van der Waals surface area contributed by atoms with Crippen molar-refractivity contribution in [3.63, 3.8) is 0 Å². The summed E-state index contributed by atoms with van der Waals surface area (Å²) >= 11 is 3.38. The van der Waals surface area contributed by atoms with Gasteiger partial charge in [0.1, 0.15) is 0 Å². The molecule has 0 aliphatic carbocycles. The second kappa shape index (κ2) is 5.44. The highest BCUT2D eigenvalue weighted by Gasteiger charge is 2.09. The number of methoxy groups -OCH3 is 1. The van der Waals surface area contributed by atoms with Crippen LogP contribution in [0, 0.1) is 12.7 Å². The van der Waals surface area contributed by atoms with E-state index in [0.29, 0.717) is 11.2 Å². The standard InChI is InChI=1S/C13H12BrFN2O/c1-8-7-16-13(17-11(8)6-14)9-3-4-10(15)12(5-9)18-2/h3-5,7H,6H2,1-2H3. The molecule has 94 valence electrons. The first kappa shape index (κ1) is 13.0. The minimum atomic E-state index is -0.394. The van der Waals surface area contributed by atoms with Gasteiger partial charge in [0, 0.05) is 17.1 Å². The molecule has 1 heterocycles. The third-order valence-electron chi connectivity index (χ3n) is 2.61. The van der Waals surface area contributed by atoms with E-state index in [9.17, 15) is 4.39 Å². The van der Waals surface area contributed by atoms with E-state index in [0.717, 1.165) is 16.8 Å². The Hall–Kier alpha value is -1.49. The predicted octanol–water partition coefficient (Wildman–Crippen LogP) is 3.49. The van der Waals surface area contributed by atoms with Gasteiger partial charge in [0.25, 0.3) is 0 Å². The summed E-state index contributed by atoms with van der Waals surface area (Å²) in [4.78, 5) is 8.68. The molecule has 0 amide bonds. The van der Waals surface area contributed by atoms with E-state index in [1.165, 1.54) is 13.2 Å². The van der Waals surface area contributed by atoms with E-state index in [-0.39, 0.29) is 5.75 Å². The van der Waals surface area contributed by atoms with Crippen LogP contribution in [0.4, 0.5) is 4.39 Å². The Balaban J connectivity index is 2.48. The minimum absolute atomic E-state index is 0.192. The van der Waals surface area contributed by atoms with Crippen molar-refractivity contribution in [2.45, 2.75) is 12.3 Å². The third-order valence-corrected chi connectivity index (χ3v) is 3.14. The van der Waals surface area contributed by atoms with Crippen LogP contribution in [0.3, 0.4) is 0 Å². The van der Waals surface area contributed by atoms with Gasteiger partial charge in [-0.25, -0.2) is 14.4 Å². The number of hydrogen-bond acceptors (Lipinski definition) is 3. The lowest BCUT2D eigenvalue weighted by atomic mass is 10.2. The second-order valence-corrected chi connectivity index (χ2v) is 4.37. The number of ether oxygens (including phenoxy) is 1. The quantitative estimate of drug-likeness (QED) is 0.814. The van der Waals surface area contributed by atoms with E-state index < -0.39 is 5.82 Å². The van der Waals surface area contributed by atoms with Crippen LogP contribution >= 0.6 is 15.9 Å². The molecule has 1 aromatic heterocycles. The molecule has 0 bridgehead atoms. The predicted molar refractivity (Wildman–Crippen MR) is 71.3 cm³/mol. The lowest BCUT2D eigenvalue weighted by Gasteiger charge is -2.07. The highest BCUT2D eigenvalue weighted by atomic mass is 79.9. The summed E-state index contributed by atoms with van der Waals surface area (Å²) in [6, 6.07) is 4.59. The summed E-state index contributed by atoms with van der Waals surface area (Å²) in [5.41, 5.74) is 2.67. The maximum absolute atomic E-state index is 13.3. The van der Waals surface area contributed by atoms with Crippen molar-refractivity contribution in [3.05, 3.63) is 41.5 Å². The molecule has 1 aromatic carbocycles. The minimum Gasteiger partial charge on any atom is -0.494 e. The summed E-state index contributed by atoms with van der Waals surface area (Å²) in [5.74, 6) is 0.361. The van der Waals surface area contributed by atoms with Crippen molar-refractivity contribution >= 4 is 15.9 Å². The fourth-order valence-electron chi connectivity index (χ4n) is 1.55. The van der Waals surface area contributed by atoms with Gasteiger partial charge in [0.05, 0.1) is 12.8 Å². The summed E-state index contributed by atoms with van der Waals surface area (Å²) in [6.45, 7) is 1.95. The largest absolute Gasteiger partial charge is 0.494 e. The van der Waals surface area contributed by atoms with Crippen LogP contribution in [-0.2, 0) is 5.33 Å². The molecule has 0 fully saturated rings. The molecule has 0 atom stereocenters. The summed E-state index contributed by atoms with van der Waals surface area (Å²) in [7, 11) is 1.43. The summed E-state index contributed by atoms with van der Waals surface area (Å²) in [5, 5.41) is 0.659. The highest BCUT2D eigenvalue weighted by Crippen LogP contribution is 2.24. The Morgan fingerprint density at radius 1 is 1.39 bits per heavy atom. The molecule has 2 rings (SSSR count). The maximum Gasteiger partial charge on any atom is 0.165 e. The van der Waals surface area contributed by atoms with Crippen LogP contribution in [0.15, 0.2) is 24.4 Å². The number of alkyl halides is 1. The van der Waals surface area contributed by atoms with Crippen molar-refractivity contribution in [1.82, 2.24) is 9.97 Å². The molecule has 2 aromatic rings. The molecule has 18 heavy (non-hydrogen) atoms. The average molecular weight is 311 g/mol. The fourth-order valence-corrected chi connectivity index (χ4v) is 2.12. The topological polar surface area (TPSA) is 35.0 Å². The average Bonchev–Trinajstić information content (AvgIpc) is 2.40.